The Labute approximate surface area is 120 Å². The van der Waals surface area contributed by atoms with Crippen molar-refractivity contribution in [2.45, 2.75) is 38.5 Å². The van der Waals surface area contributed by atoms with Crippen molar-refractivity contribution in [3.8, 4) is 6.07 Å². The molecule has 0 bridgehead atoms. The van der Waals surface area contributed by atoms with Gasteiger partial charge in [-0.05, 0) is 31.0 Å². The minimum Gasteiger partial charge on any atom is -0.369 e. The third kappa shape index (κ3) is 2.44. The van der Waals surface area contributed by atoms with Crippen molar-refractivity contribution in [2.24, 2.45) is 5.41 Å². The molecule has 19 heavy (non-hydrogen) atoms. The van der Waals surface area contributed by atoms with Crippen LogP contribution in [0.15, 0.2) is 18.2 Å². The molecule has 1 saturated carbocycles. The first-order chi connectivity index (χ1) is 9.22. The van der Waals surface area contributed by atoms with Crippen molar-refractivity contribution >= 4 is 17.3 Å². The van der Waals surface area contributed by atoms with Crippen LogP contribution in [0.2, 0.25) is 5.02 Å². The Morgan fingerprint density at radius 1 is 1.11 bits per heavy atom. The number of hydrogen-bond acceptors (Lipinski definition) is 2. The fourth-order valence-electron chi connectivity index (χ4n) is 3.59. The van der Waals surface area contributed by atoms with E-state index in [2.05, 4.69) is 11.0 Å². The molecule has 1 saturated heterocycles. The zero-order valence-corrected chi connectivity index (χ0v) is 11.9. The number of nitrogens with zero attached hydrogens (tertiary/aromatic N) is 2. The van der Waals surface area contributed by atoms with E-state index in [0.29, 0.717) is 5.41 Å². The summed E-state index contributed by atoms with van der Waals surface area (Å²) in [6, 6.07) is 7.84. The summed E-state index contributed by atoms with van der Waals surface area (Å²) in [6.45, 7) is 2.20. The molecular formula is C16H19ClN2. The summed E-state index contributed by atoms with van der Waals surface area (Å²) in [7, 11) is 0. The van der Waals surface area contributed by atoms with Gasteiger partial charge in [-0.15, -0.1) is 0 Å². The summed E-state index contributed by atoms with van der Waals surface area (Å²) in [6.07, 6.45) is 8.23. The monoisotopic (exact) mass is 274 g/mol. The number of benzene rings is 1. The third-order valence-corrected chi connectivity index (χ3v) is 4.87. The standard InChI is InChI=1S/C16H19ClN2/c17-14-6-5-13(10-18)15(9-14)19-11-16(12-19)7-3-1-2-4-8-16/h5-6,9H,1-4,7-8,11-12H2. The molecule has 2 aliphatic rings. The Morgan fingerprint density at radius 3 is 2.42 bits per heavy atom. The molecule has 3 rings (SSSR count). The second kappa shape index (κ2) is 5.06. The van der Waals surface area contributed by atoms with Crippen LogP contribution in [-0.4, -0.2) is 13.1 Å². The predicted octanol–water partition coefficient (Wildman–Crippen LogP) is 4.37. The molecule has 0 aromatic heterocycles. The highest BCUT2D eigenvalue weighted by Gasteiger charge is 2.43. The van der Waals surface area contributed by atoms with Crippen molar-refractivity contribution in [2.75, 3.05) is 18.0 Å². The van der Waals surface area contributed by atoms with E-state index in [1.807, 2.05) is 12.1 Å². The SMILES string of the molecule is N#Cc1ccc(Cl)cc1N1CC2(CCCCCC2)C1. The Bertz CT molecular complexity index is 502. The van der Waals surface area contributed by atoms with Crippen LogP contribution in [0.25, 0.3) is 0 Å². The highest BCUT2D eigenvalue weighted by Crippen LogP contribution is 2.45. The molecular weight excluding hydrogens is 256 g/mol. The van der Waals surface area contributed by atoms with Gasteiger partial charge in [0.25, 0.3) is 0 Å². The number of hydrogen-bond donors (Lipinski definition) is 0. The molecule has 0 radical (unpaired) electrons. The quantitative estimate of drug-likeness (QED) is 0.760. The van der Waals surface area contributed by atoms with E-state index in [-0.39, 0.29) is 0 Å². The molecule has 2 fully saturated rings. The van der Waals surface area contributed by atoms with Crippen LogP contribution in [0.1, 0.15) is 44.1 Å². The van der Waals surface area contributed by atoms with E-state index in [1.54, 1.807) is 6.07 Å². The summed E-state index contributed by atoms with van der Waals surface area (Å²) in [5.41, 5.74) is 2.28. The van der Waals surface area contributed by atoms with Gasteiger partial charge in [-0.2, -0.15) is 5.26 Å². The van der Waals surface area contributed by atoms with Crippen LogP contribution in [0, 0.1) is 16.7 Å². The van der Waals surface area contributed by atoms with Crippen molar-refractivity contribution in [1.29, 1.82) is 5.26 Å². The second-order valence-corrected chi connectivity index (χ2v) is 6.48. The van der Waals surface area contributed by atoms with Crippen molar-refractivity contribution in [3.63, 3.8) is 0 Å². The van der Waals surface area contributed by atoms with Gasteiger partial charge in [0.2, 0.25) is 0 Å². The van der Waals surface area contributed by atoms with Crippen molar-refractivity contribution in [1.82, 2.24) is 0 Å². The van der Waals surface area contributed by atoms with Crippen molar-refractivity contribution < 1.29 is 0 Å². The van der Waals surface area contributed by atoms with E-state index in [1.165, 1.54) is 38.5 Å². The first-order valence-electron chi connectivity index (χ1n) is 7.17. The van der Waals surface area contributed by atoms with Crippen LogP contribution >= 0.6 is 11.6 Å². The highest BCUT2D eigenvalue weighted by atomic mass is 35.5. The van der Waals surface area contributed by atoms with Gasteiger partial charge in [0.05, 0.1) is 11.3 Å². The average molecular weight is 275 g/mol. The predicted molar refractivity (Wildman–Crippen MR) is 78.5 cm³/mol. The smallest absolute Gasteiger partial charge is 0.101 e. The molecule has 3 heteroatoms. The van der Waals surface area contributed by atoms with Gasteiger partial charge >= 0.3 is 0 Å². The molecule has 1 aliphatic carbocycles. The zero-order chi connectivity index (χ0) is 13.3. The van der Waals surface area contributed by atoms with Gasteiger partial charge in [0.15, 0.2) is 0 Å². The summed E-state index contributed by atoms with van der Waals surface area (Å²) in [4.78, 5) is 2.33. The molecule has 0 unspecified atom stereocenters. The largest absolute Gasteiger partial charge is 0.369 e. The maximum Gasteiger partial charge on any atom is 0.101 e. The fraction of sp³-hybridized carbons (Fsp3) is 0.562. The third-order valence-electron chi connectivity index (χ3n) is 4.64. The number of halogens is 1. The average Bonchev–Trinajstić information content (AvgIpc) is 2.62. The molecule has 2 nitrogen and oxygen atoms in total. The fourth-order valence-corrected chi connectivity index (χ4v) is 3.76. The Balaban J connectivity index is 1.76. The molecule has 1 aromatic rings. The Morgan fingerprint density at radius 2 is 1.79 bits per heavy atom. The number of nitriles is 1. The molecule has 0 amide bonds. The lowest BCUT2D eigenvalue weighted by Crippen LogP contribution is -2.56. The molecule has 1 heterocycles. The lowest BCUT2D eigenvalue weighted by molar-refractivity contribution is 0.180. The molecule has 100 valence electrons. The van der Waals surface area contributed by atoms with Gasteiger partial charge in [0, 0.05) is 23.5 Å². The van der Waals surface area contributed by atoms with Crippen molar-refractivity contribution in [3.05, 3.63) is 28.8 Å². The summed E-state index contributed by atoms with van der Waals surface area (Å²) >= 11 is 6.07. The lowest BCUT2D eigenvalue weighted by atomic mass is 9.73. The maximum absolute atomic E-state index is 9.20. The van der Waals surface area contributed by atoms with Crippen LogP contribution in [-0.2, 0) is 0 Å². The molecule has 1 aromatic carbocycles. The van der Waals surface area contributed by atoms with Gasteiger partial charge < -0.3 is 4.90 Å². The summed E-state index contributed by atoms with van der Waals surface area (Å²) < 4.78 is 0. The van der Waals surface area contributed by atoms with Gasteiger partial charge in [-0.25, -0.2) is 0 Å². The first-order valence-corrected chi connectivity index (χ1v) is 7.55. The lowest BCUT2D eigenvalue weighted by Gasteiger charge is -2.52. The van der Waals surface area contributed by atoms with E-state index >= 15 is 0 Å². The second-order valence-electron chi connectivity index (χ2n) is 6.04. The normalized spacial score (nSPS) is 21.6. The molecule has 0 atom stereocenters. The van der Waals surface area contributed by atoms with Crippen LogP contribution in [0.5, 0.6) is 0 Å². The highest BCUT2D eigenvalue weighted by molar-refractivity contribution is 6.30. The maximum atomic E-state index is 9.20. The summed E-state index contributed by atoms with van der Waals surface area (Å²) in [5, 5.41) is 9.92. The molecule has 1 spiro atoms. The van der Waals surface area contributed by atoms with Gasteiger partial charge in [-0.3, -0.25) is 0 Å². The molecule has 0 N–H and O–H groups in total. The topological polar surface area (TPSA) is 27.0 Å². The Hall–Kier alpha value is -1.20. The van der Waals surface area contributed by atoms with Crippen LogP contribution in [0.3, 0.4) is 0 Å². The molecule has 1 aliphatic heterocycles. The van der Waals surface area contributed by atoms with E-state index in [9.17, 15) is 5.26 Å². The van der Waals surface area contributed by atoms with E-state index < -0.39 is 0 Å². The zero-order valence-electron chi connectivity index (χ0n) is 11.2. The first kappa shape index (κ1) is 12.8. The van der Waals surface area contributed by atoms with Gasteiger partial charge in [-0.1, -0.05) is 37.3 Å². The van der Waals surface area contributed by atoms with E-state index in [0.717, 1.165) is 29.4 Å². The van der Waals surface area contributed by atoms with E-state index in [4.69, 9.17) is 11.6 Å². The minimum atomic E-state index is 0.519. The Kier molecular flexibility index (Phi) is 3.41. The minimum absolute atomic E-state index is 0.519. The van der Waals surface area contributed by atoms with Crippen LogP contribution < -0.4 is 4.90 Å². The summed E-state index contributed by atoms with van der Waals surface area (Å²) in [5.74, 6) is 0. The van der Waals surface area contributed by atoms with Gasteiger partial charge in [0.1, 0.15) is 6.07 Å². The number of anilines is 1. The number of rotatable bonds is 1. The van der Waals surface area contributed by atoms with Crippen LogP contribution in [0.4, 0.5) is 5.69 Å².